The fourth-order valence-electron chi connectivity index (χ4n) is 2.79. The average molecular weight is 408 g/mol. The highest BCUT2D eigenvalue weighted by Gasteiger charge is 2.24. The van der Waals surface area contributed by atoms with E-state index in [0.29, 0.717) is 28.3 Å². The van der Waals surface area contributed by atoms with Crippen molar-refractivity contribution in [1.29, 1.82) is 5.26 Å². The molecule has 3 aromatic rings. The van der Waals surface area contributed by atoms with Crippen molar-refractivity contribution < 1.29 is 4.79 Å². The third kappa shape index (κ3) is 4.36. The number of anilines is 2. The van der Waals surface area contributed by atoms with Gasteiger partial charge >= 0.3 is 0 Å². The number of amides is 1. The Morgan fingerprint density at radius 1 is 1.31 bits per heavy atom. The van der Waals surface area contributed by atoms with Crippen LogP contribution in [-0.2, 0) is 0 Å². The molecule has 1 fully saturated rings. The summed E-state index contributed by atoms with van der Waals surface area (Å²) in [6.07, 6.45) is 7.53. The quantitative estimate of drug-likeness (QED) is 0.644. The number of aromatic nitrogens is 4. The second-order valence-corrected chi connectivity index (χ2v) is 7.26. The van der Waals surface area contributed by atoms with E-state index in [1.165, 1.54) is 6.20 Å². The highest BCUT2D eigenvalue weighted by atomic mass is 35.5. The Morgan fingerprint density at radius 3 is 2.76 bits per heavy atom. The zero-order valence-corrected chi connectivity index (χ0v) is 16.4. The Hall–Kier alpha value is -3.44. The smallest absolute Gasteiger partial charge is 0.252 e. The van der Waals surface area contributed by atoms with Gasteiger partial charge in [0.2, 0.25) is 5.95 Å². The molecule has 0 radical (unpaired) electrons. The van der Waals surface area contributed by atoms with Gasteiger partial charge in [0.1, 0.15) is 6.04 Å². The minimum absolute atomic E-state index is 0.311. The summed E-state index contributed by atoms with van der Waals surface area (Å²) in [7, 11) is 0. The van der Waals surface area contributed by atoms with Gasteiger partial charge in [-0.1, -0.05) is 23.7 Å². The molecule has 2 aromatic heterocycles. The van der Waals surface area contributed by atoms with Crippen molar-refractivity contribution in [2.45, 2.75) is 31.8 Å². The van der Waals surface area contributed by atoms with Crippen LogP contribution in [0.15, 0.2) is 42.9 Å². The Bertz CT molecular complexity index is 1080. The fraction of sp³-hybridized carbons (Fsp3) is 0.250. The van der Waals surface area contributed by atoms with Crippen LogP contribution in [0.4, 0.5) is 11.6 Å². The van der Waals surface area contributed by atoms with Gasteiger partial charge in [-0.15, -0.1) is 0 Å². The van der Waals surface area contributed by atoms with Gasteiger partial charge in [-0.25, -0.2) is 9.97 Å². The van der Waals surface area contributed by atoms with E-state index in [1.54, 1.807) is 37.4 Å². The molecule has 1 aromatic carbocycles. The van der Waals surface area contributed by atoms with E-state index in [4.69, 9.17) is 16.9 Å². The number of nitrogens with one attached hydrogen (secondary N) is 2. The molecule has 1 amide bonds. The summed E-state index contributed by atoms with van der Waals surface area (Å²) in [5.41, 5.74) is 2.56. The first-order chi connectivity index (χ1) is 14.0. The topological polar surface area (TPSA) is 109 Å². The van der Waals surface area contributed by atoms with Crippen molar-refractivity contribution in [3.8, 4) is 17.3 Å². The Morgan fingerprint density at radius 2 is 2.07 bits per heavy atom. The van der Waals surface area contributed by atoms with Crippen LogP contribution >= 0.6 is 11.6 Å². The van der Waals surface area contributed by atoms with Gasteiger partial charge in [-0.05, 0) is 31.9 Å². The molecule has 29 heavy (non-hydrogen) atoms. The second-order valence-electron chi connectivity index (χ2n) is 6.86. The molecule has 0 aliphatic heterocycles. The van der Waals surface area contributed by atoms with Gasteiger partial charge < -0.3 is 10.6 Å². The van der Waals surface area contributed by atoms with Crippen molar-refractivity contribution in [2.75, 3.05) is 5.32 Å². The molecule has 2 N–H and O–H groups in total. The van der Waals surface area contributed by atoms with Crippen LogP contribution in [0.1, 0.15) is 36.2 Å². The molecule has 2 heterocycles. The summed E-state index contributed by atoms with van der Waals surface area (Å²) in [6.45, 7) is 1.62. The highest BCUT2D eigenvalue weighted by Crippen LogP contribution is 2.35. The third-order valence-corrected chi connectivity index (χ3v) is 4.76. The van der Waals surface area contributed by atoms with E-state index < -0.39 is 6.04 Å². The zero-order valence-electron chi connectivity index (χ0n) is 15.6. The van der Waals surface area contributed by atoms with Crippen LogP contribution in [0.3, 0.4) is 0 Å². The van der Waals surface area contributed by atoms with Crippen molar-refractivity contribution >= 4 is 29.1 Å². The standard InChI is InChI=1S/C20H18ClN7O/c1-12(8-22)25-19(29)14-4-2-13(3-5-14)18-17(21)10-23-20(27-18)26-15-9-24-28(11-15)16-6-7-16/h2-5,9-12,16H,6-7H2,1H3,(H,25,29)(H,23,26,27). The van der Waals surface area contributed by atoms with Crippen molar-refractivity contribution in [3.63, 3.8) is 0 Å². The van der Waals surface area contributed by atoms with Crippen LogP contribution in [0.2, 0.25) is 5.02 Å². The van der Waals surface area contributed by atoms with Crippen LogP contribution in [-0.4, -0.2) is 31.7 Å². The number of hydrogen-bond donors (Lipinski definition) is 2. The van der Waals surface area contributed by atoms with Gasteiger partial charge in [-0.3, -0.25) is 9.48 Å². The summed E-state index contributed by atoms with van der Waals surface area (Å²) in [4.78, 5) is 20.8. The predicted octanol–water partition coefficient (Wildman–Crippen LogP) is 3.71. The predicted molar refractivity (Wildman–Crippen MR) is 109 cm³/mol. The summed E-state index contributed by atoms with van der Waals surface area (Å²) in [6, 6.07) is 8.76. The minimum Gasteiger partial charge on any atom is -0.337 e. The van der Waals surface area contributed by atoms with E-state index in [-0.39, 0.29) is 5.91 Å². The maximum Gasteiger partial charge on any atom is 0.252 e. The molecule has 0 spiro atoms. The number of rotatable bonds is 6. The fourth-order valence-corrected chi connectivity index (χ4v) is 2.99. The van der Waals surface area contributed by atoms with E-state index in [2.05, 4.69) is 25.7 Å². The molecule has 9 heteroatoms. The first-order valence-corrected chi connectivity index (χ1v) is 9.56. The van der Waals surface area contributed by atoms with Crippen molar-refractivity contribution in [2.24, 2.45) is 0 Å². The number of halogens is 1. The maximum absolute atomic E-state index is 12.1. The van der Waals surface area contributed by atoms with Crippen molar-refractivity contribution in [1.82, 2.24) is 25.1 Å². The number of benzene rings is 1. The molecule has 1 aliphatic carbocycles. The lowest BCUT2D eigenvalue weighted by molar-refractivity contribution is 0.0948. The summed E-state index contributed by atoms with van der Waals surface area (Å²) >= 11 is 6.29. The second kappa shape index (κ2) is 7.89. The lowest BCUT2D eigenvalue weighted by Gasteiger charge is -2.09. The molecule has 4 rings (SSSR count). The molecule has 0 saturated heterocycles. The summed E-state index contributed by atoms with van der Waals surface area (Å²) < 4.78 is 1.94. The number of hydrogen-bond acceptors (Lipinski definition) is 6. The first kappa shape index (κ1) is 18.9. The monoisotopic (exact) mass is 407 g/mol. The van der Waals surface area contributed by atoms with Crippen LogP contribution in [0.5, 0.6) is 0 Å². The lowest BCUT2D eigenvalue weighted by atomic mass is 10.1. The van der Waals surface area contributed by atoms with Gasteiger partial charge in [0.25, 0.3) is 5.91 Å². The summed E-state index contributed by atoms with van der Waals surface area (Å²) in [5.74, 6) is 0.0961. The minimum atomic E-state index is -0.559. The molecule has 1 saturated carbocycles. The molecule has 146 valence electrons. The van der Waals surface area contributed by atoms with Crippen LogP contribution in [0, 0.1) is 11.3 Å². The Labute approximate surface area is 172 Å². The SMILES string of the molecule is CC(C#N)NC(=O)c1ccc(-c2nc(Nc3cnn(C4CC4)c3)ncc2Cl)cc1. The zero-order chi connectivity index (χ0) is 20.4. The van der Waals surface area contributed by atoms with Gasteiger partial charge in [-0.2, -0.15) is 10.4 Å². The van der Waals surface area contributed by atoms with Crippen LogP contribution < -0.4 is 10.6 Å². The molecular formula is C20H18ClN7O. The first-order valence-electron chi connectivity index (χ1n) is 9.18. The number of carbonyl (C=O) groups excluding carboxylic acids is 1. The molecule has 1 aliphatic rings. The highest BCUT2D eigenvalue weighted by molar-refractivity contribution is 6.32. The normalized spacial score (nSPS) is 14.1. The maximum atomic E-state index is 12.1. The lowest BCUT2D eigenvalue weighted by Crippen LogP contribution is -2.31. The van der Waals surface area contributed by atoms with Gasteiger partial charge in [0.05, 0.1) is 40.9 Å². The number of nitrogens with zero attached hydrogens (tertiary/aromatic N) is 5. The molecule has 0 bridgehead atoms. The van der Waals surface area contributed by atoms with Crippen molar-refractivity contribution in [3.05, 3.63) is 53.4 Å². The molecule has 1 unspecified atom stereocenters. The van der Waals surface area contributed by atoms with Crippen LogP contribution in [0.25, 0.3) is 11.3 Å². The molecular weight excluding hydrogens is 390 g/mol. The van der Waals surface area contributed by atoms with E-state index in [1.807, 2.05) is 16.9 Å². The Kier molecular flexibility index (Phi) is 5.14. The average Bonchev–Trinajstić information content (AvgIpc) is 3.48. The van der Waals surface area contributed by atoms with Gasteiger partial charge in [0.15, 0.2) is 0 Å². The largest absolute Gasteiger partial charge is 0.337 e. The van der Waals surface area contributed by atoms with E-state index in [0.717, 1.165) is 24.1 Å². The number of nitriles is 1. The van der Waals surface area contributed by atoms with Gasteiger partial charge in [0, 0.05) is 17.3 Å². The molecule has 8 nitrogen and oxygen atoms in total. The Balaban J connectivity index is 1.52. The van der Waals surface area contributed by atoms with E-state index in [9.17, 15) is 4.79 Å². The van der Waals surface area contributed by atoms with E-state index >= 15 is 0 Å². The summed E-state index contributed by atoms with van der Waals surface area (Å²) in [5, 5.41) is 19.3. The number of carbonyl (C=O) groups is 1. The third-order valence-electron chi connectivity index (χ3n) is 4.48. The molecule has 1 atom stereocenters.